The Hall–Kier alpha value is -1.75. The highest BCUT2D eigenvalue weighted by Crippen LogP contribution is 2.06. The molecule has 0 aromatic heterocycles. The Bertz CT molecular complexity index is 334. The summed E-state index contributed by atoms with van der Waals surface area (Å²) in [5.74, 6) is -1.02. The molecule has 1 aromatic rings. The maximum Gasteiger partial charge on any atom is 0.320 e. The van der Waals surface area contributed by atoms with Gasteiger partial charge in [0.1, 0.15) is 6.04 Å². The van der Waals surface area contributed by atoms with Crippen molar-refractivity contribution in [1.82, 2.24) is 0 Å². The zero-order valence-corrected chi connectivity index (χ0v) is 7.47. The molecule has 0 heterocycles. The predicted octanol–water partition coefficient (Wildman–Crippen LogP) is -0.625. The van der Waals surface area contributed by atoms with Crippen LogP contribution >= 0.6 is 0 Å². The predicted molar refractivity (Wildman–Crippen MR) is 49.7 cm³/mol. The molecule has 14 heavy (non-hydrogen) atoms. The molecule has 0 unspecified atom stereocenters. The van der Waals surface area contributed by atoms with Gasteiger partial charge in [0.2, 0.25) is 0 Å². The quantitative estimate of drug-likeness (QED) is 0.555. The highest BCUT2D eigenvalue weighted by Gasteiger charge is 2.11. The summed E-state index contributed by atoms with van der Waals surface area (Å²) >= 11 is 0. The van der Waals surface area contributed by atoms with Gasteiger partial charge in [-0.15, -0.1) is 0 Å². The summed E-state index contributed by atoms with van der Waals surface area (Å²) in [5.41, 5.74) is 15.3. The summed E-state index contributed by atoms with van der Waals surface area (Å²) in [6.07, 6.45) is 0.279. The molecular formula is C9H11N3O2. The van der Waals surface area contributed by atoms with Crippen molar-refractivity contribution in [1.29, 1.82) is 0 Å². The van der Waals surface area contributed by atoms with Crippen molar-refractivity contribution in [3.63, 3.8) is 0 Å². The Morgan fingerprint density at radius 2 is 2.07 bits per heavy atom. The van der Waals surface area contributed by atoms with E-state index in [9.17, 15) is 4.79 Å². The fourth-order valence-corrected chi connectivity index (χ4v) is 1.06. The van der Waals surface area contributed by atoms with Crippen LogP contribution in [0.1, 0.15) is 5.56 Å². The lowest BCUT2D eigenvalue weighted by Gasteiger charge is -2.05. The lowest BCUT2D eigenvalue weighted by atomic mass is 10.1. The minimum absolute atomic E-state index is 0.279. The number of nitrogens with two attached hydrogens (primary N) is 1. The van der Waals surface area contributed by atoms with Crippen LogP contribution in [-0.2, 0) is 11.2 Å². The summed E-state index contributed by atoms with van der Waals surface area (Å²) in [6.45, 7) is 0. The fraction of sp³-hybridized carbons (Fsp3) is 0.222. The zero-order valence-electron chi connectivity index (χ0n) is 7.47. The van der Waals surface area contributed by atoms with Crippen molar-refractivity contribution in [2.75, 3.05) is 0 Å². The number of rotatable bonds is 4. The van der Waals surface area contributed by atoms with Crippen molar-refractivity contribution >= 4 is 11.7 Å². The molecule has 0 aliphatic carbocycles. The molecule has 1 aromatic carbocycles. The van der Waals surface area contributed by atoms with E-state index in [2.05, 4.69) is 0 Å². The normalized spacial score (nSPS) is 12.1. The van der Waals surface area contributed by atoms with E-state index >= 15 is 0 Å². The first-order chi connectivity index (χ1) is 6.63. The molecule has 0 radical (unpaired) electrons. The van der Waals surface area contributed by atoms with Gasteiger partial charge in [0, 0.05) is 12.1 Å². The van der Waals surface area contributed by atoms with Gasteiger partial charge in [-0.05, 0) is 12.0 Å². The maximum atomic E-state index is 10.4. The van der Waals surface area contributed by atoms with E-state index in [-0.39, 0.29) is 6.42 Å². The van der Waals surface area contributed by atoms with Gasteiger partial charge in [-0.3, -0.25) is 9.91 Å². The number of nitrogens with zero attached hydrogens (tertiary/aromatic N) is 1. The molecular weight excluding hydrogens is 182 g/mol. The van der Waals surface area contributed by atoms with Gasteiger partial charge >= 0.3 is 5.97 Å². The van der Waals surface area contributed by atoms with E-state index in [0.717, 1.165) is 5.56 Å². The number of carboxylic acid groups (broad SMARTS) is 1. The molecule has 0 spiro atoms. The molecule has 0 saturated heterocycles. The Morgan fingerprint density at radius 1 is 1.50 bits per heavy atom. The molecule has 0 aliphatic heterocycles. The molecule has 4 N–H and O–H groups in total. The van der Waals surface area contributed by atoms with E-state index in [1.165, 1.54) is 0 Å². The third-order valence-corrected chi connectivity index (χ3v) is 1.86. The van der Waals surface area contributed by atoms with Crippen molar-refractivity contribution in [2.45, 2.75) is 12.5 Å². The molecule has 0 saturated carbocycles. The van der Waals surface area contributed by atoms with Gasteiger partial charge in [0.15, 0.2) is 5.69 Å². The second kappa shape index (κ2) is 4.48. The molecule has 0 aliphatic rings. The van der Waals surface area contributed by atoms with Crippen LogP contribution in [0.2, 0.25) is 0 Å². The van der Waals surface area contributed by atoms with Gasteiger partial charge in [0.25, 0.3) is 0 Å². The number of nitrogens with one attached hydrogen (secondary N) is 1. The molecule has 0 fully saturated rings. The molecule has 5 heteroatoms. The number of aliphatic carboxylic acids is 1. The monoisotopic (exact) mass is 193 g/mol. The van der Waals surface area contributed by atoms with Crippen LogP contribution in [0.3, 0.4) is 0 Å². The third kappa shape index (κ3) is 2.63. The highest BCUT2D eigenvalue weighted by molar-refractivity contribution is 5.73. The minimum Gasteiger partial charge on any atom is -0.502 e. The molecule has 5 nitrogen and oxygen atoms in total. The second-order valence-electron chi connectivity index (χ2n) is 2.96. The number of hydrogen-bond acceptors (Lipinski definition) is 2. The van der Waals surface area contributed by atoms with Crippen LogP contribution in [0.4, 0.5) is 5.69 Å². The lowest BCUT2D eigenvalue weighted by Crippen LogP contribution is -2.54. The van der Waals surface area contributed by atoms with E-state index in [1.54, 1.807) is 24.3 Å². The van der Waals surface area contributed by atoms with Gasteiger partial charge < -0.3 is 16.4 Å². The first-order valence-electron chi connectivity index (χ1n) is 4.11. The van der Waals surface area contributed by atoms with E-state index in [4.69, 9.17) is 16.4 Å². The van der Waals surface area contributed by atoms with Gasteiger partial charge in [0.05, 0.1) is 0 Å². The average molecular weight is 193 g/mol. The highest BCUT2D eigenvalue weighted by atomic mass is 16.4. The number of hydrogen-bond donors (Lipinski definition) is 3. The molecule has 74 valence electrons. The summed E-state index contributed by atoms with van der Waals surface area (Å²) in [7, 11) is 0. The zero-order chi connectivity index (χ0) is 10.6. The average Bonchev–Trinajstić information content (AvgIpc) is 2.19. The van der Waals surface area contributed by atoms with Crippen LogP contribution in [0.25, 0.3) is 5.53 Å². The Kier molecular flexibility index (Phi) is 3.30. The summed E-state index contributed by atoms with van der Waals surface area (Å²) in [5, 5.41) is 10.5. The Balaban J connectivity index is 2.68. The molecule has 1 rings (SSSR count). The first-order valence-corrected chi connectivity index (χ1v) is 4.11. The number of carbonyl (C=O) groups is 1. The topological polar surface area (TPSA) is 99.6 Å². The SMILES string of the molecule is [N-]=[NH+]c1ccc(C[C@H](N)C(=O)O)cc1. The van der Waals surface area contributed by atoms with Crippen LogP contribution < -0.4 is 10.8 Å². The van der Waals surface area contributed by atoms with Crippen molar-refractivity contribution in [2.24, 2.45) is 5.73 Å². The Morgan fingerprint density at radius 3 is 2.50 bits per heavy atom. The van der Waals surface area contributed by atoms with Crippen molar-refractivity contribution in [3.8, 4) is 0 Å². The smallest absolute Gasteiger partial charge is 0.320 e. The third-order valence-electron chi connectivity index (χ3n) is 1.86. The molecule has 0 amide bonds. The lowest BCUT2D eigenvalue weighted by molar-refractivity contribution is -0.379. The maximum absolute atomic E-state index is 10.4. The van der Waals surface area contributed by atoms with Crippen LogP contribution in [-0.4, -0.2) is 17.1 Å². The fourth-order valence-electron chi connectivity index (χ4n) is 1.06. The molecule has 1 atom stereocenters. The Labute approximate surface area is 81.1 Å². The minimum atomic E-state index is -1.02. The summed E-state index contributed by atoms with van der Waals surface area (Å²) in [6, 6.07) is 5.82. The van der Waals surface area contributed by atoms with Crippen LogP contribution in [0, 0.1) is 0 Å². The standard InChI is InChI=1S/C9H11N3O2/c10-8(9(13)14)5-6-1-3-7(12-11)4-2-6/h1-4,8,12H,5,10H2,(H,13,14)/t8-/m0/s1. The second-order valence-corrected chi connectivity index (χ2v) is 2.96. The van der Waals surface area contributed by atoms with E-state index < -0.39 is 12.0 Å². The number of benzene rings is 1. The van der Waals surface area contributed by atoms with Crippen molar-refractivity contribution in [3.05, 3.63) is 35.4 Å². The van der Waals surface area contributed by atoms with Crippen LogP contribution in [0.15, 0.2) is 24.3 Å². The number of carboxylic acids is 1. The van der Waals surface area contributed by atoms with Gasteiger partial charge in [-0.25, -0.2) is 0 Å². The summed E-state index contributed by atoms with van der Waals surface area (Å²) in [4.78, 5) is 10.4. The largest absolute Gasteiger partial charge is 0.502 e. The van der Waals surface area contributed by atoms with E-state index in [0.29, 0.717) is 5.69 Å². The first kappa shape index (κ1) is 10.3. The molecule has 0 bridgehead atoms. The van der Waals surface area contributed by atoms with Crippen LogP contribution in [0.5, 0.6) is 0 Å². The van der Waals surface area contributed by atoms with Crippen molar-refractivity contribution < 1.29 is 15.0 Å². The van der Waals surface area contributed by atoms with Gasteiger partial charge in [-0.2, -0.15) is 0 Å². The van der Waals surface area contributed by atoms with E-state index in [1.807, 2.05) is 5.11 Å². The summed E-state index contributed by atoms with van der Waals surface area (Å²) < 4.78 is 0. The van der Waals surface area contributed by atoms with Gasteiger partial charge in [-0.1, -0.05) is 12.1 Å².